The minimum Gasteiger partial charge on any atom is -0.344 e. The van der Waals surface area contributed by atoms with Crippen LogP contribution < -0.4 is 15.6 Å². The zero-order valence-corrected chi connectivity index (χ0v) is 30.4. The van der Waals surface area contributed by atoms with E-state index in [1.807, 2.05) is 0 Å². The molecule has 0 aliphatic heterocycles. The number of benzene rings is 3. The molecule has 3 heterocycles. The second-order valence-electron chi connectivity index (χ2n) is 13.7. The average molecular weight is 823 g/mol. The molecule has 12 nitrogen and oxygen atoms in total. The van der Waals surface area contributed by atoms with Gasteiger partial charge in [0, 0.05) is 31.0 Å². The number of rotatable bonds is 10. The molecule has 1 fully saturated rings. The summed E-state index contributed by atoms with van der Waals surface area (Å²) in [5.41, 5.74) is -3.11. The Morgan fingerprint density at radius 3 is 2.43 bits per heavy atom. The highest BCUT2D eigenvalue weighted by Gasteiger charge is 2.67. The number of carbonyl (C=O) groups is 1. The van der Waals surface area contributed by atoms with Crippen LogP contribution in [-0.4, -0.2) is 49.7 Å². The zero-order valence-electron chi connectivity index (χ0n) is 28.8. The molecule has 2 aliphatic rings. The molecule has 56 heavy (non-hydrogen) atoms. The van der Waals surface area contributed by atoms with Crippen molar-refractivity contribution < 1.29 is 43.9 Å². The van der Waals surface area contributed by atoms with Crippen molar-refractivity contribution in [2.45, 2.75) is 43.7 Å². The maximum atomic E-state index is 15.4. The molecule has 8 rings (SSSR count). The Hall–Kier alpha value is -5.50. The Morgan fingerprint density at radius 1 is 1.04 bits per heavy atom. The van der Waals surface area contributed by atoms with E-state index in [-0.39, 0.29) is 61.7 Å². The van der Waals surface area contributed by atoms with Gasteiger partial charge in [-0.15, -0.1) is 0 Å². The summed E-state index contributed by atoms with van der Waals surface area (Å²) in [6.45, 7) is -1.01. The Balaban J connectivity index is 1.32. The number of aromatic nitrogens is 6. The Kier molecular flexibility index (Phi) is 8.71. The molecule has 1 saturated carbocycles. The van der Waals surface area contributed by atoms with Crippen LogP contribution in [0.1, 0.15) is 53.1 Å². The highest BCUT2D eigenvalue weighted by molar-refractivity contribution is 7.92. The maximum absolute atomic E-state index is 15.4. The van der Waals surface area contributed by atoms with E-state index in [2.05, 4.69) is 25.2 Å². The summed E-state index contributed by atoms with van der Waals surface area (Å²) in [6, 6.07) is 6.63. The fourth-order valence-corrected chi connectivity index (χ4v) is 8.29. The van der Waals surface area contributed by atoms with Crippen LogP contribution in [0.2, 0.25) is 5.02 Å². The fourth-order valence-electron chi connectivity index (χ4n) is 7.55. The van der Waals surface area contributed by atoms with Crippen molar-refractivity contribution >= 4 is 55.2 Å². The van der Waals surface area contributed by atoms with Gasteiger partial charge in [0.2, 0.25) is 15.9 Å². The van der Waals surface area contributed by atoms with E-state index in [0.29, 0.717) is 10.7 Å². The lowest BCUT2D eigenvalue weighted by Crippen LogP contribution is -2.38. The highest BCUT2D eigenvalue weighted by Crippen LogP contribution is 2.68. The molecule has 1 amide bonds. The molecule has 2 aliphatic carbocycles. The highest BCUT2D eigenvalue weighted by atomic mass is 35.5. The van der Waals surface area contributed by atoms with Crippen LogP contribution in [0.4, 0.5) is 36.6 Å². The molecule has 2 N–H and O–H groups in total. The Bertz CT molecular complexity index is 2810. The van der Waals surface area contributed by atoms with Gasteiger partial charge < -0.3 is 5.32 Å². The molecule has 21 heteroatoms. The predicted molar refractivity (Wildman–Crippen MR) is 188 cm³/mol. The number of aryl methyl sites for hydroxylation is 1. The third kappa shape index (κ3) is 6.33. The first kappa shape index (κ1) is 37.4. The van der Waals surface area contributed by atoms with E-state index in [4.69, 9.17) is 11.6 Å². The van der Waals surface area contributed by atoms with Crippen molar-refractivity contribution in [1.29, 1.82) is 0 Å². The van der Waals surface area contributed by atoms with Crippen molar-refractivity contribution in [1.82, 2.24) is 34.4 Å². The summed E-state index contributed by atoms with van der Waals surface area (Å²) in [4.78, 5) is 33.0. The number of anilines is 1. The molecule has 3 unspecified atom stereocenters. The zero-order chi connectivity index (χ0) is 40.2. The van der Waals surface area contributed by atoms with Crippen LogP contribution in [0, 0.1) is 23.4 Å². The first-order chi connectivity index (χ1) is 26.3. The quantitative estimate of drug-likeness (QED) is 0.158. The molecule has 0 spiro atoms. The lowest BCUT2D eigenvalue weighted by Gasteiger charge is -2.24. The van der Waals surface area contributed by atoms with Crippen LogP contribution in [-0.2, 0) is 40.8 Å². The minimum atomic E-state index is -3.92. The summed E-state index contributed by atoms with van der Waals surface area (Å²) in [5, 5.41) is 10.2. The van der Waals surface area contributed by atoms with Crippen molar-refractivity contribution in [2.24, 2.45) is 13.0 Å². The van der Waals surface area contributed by atoms with Crippen molar-refractivity contribution in [3.05, 3.63) is 110 Å². The van der Waals surface area contributed by atoms with E-state index >= 15 is 8.78 Å². The third-order valence-electron chi connectivity index (χ3n) is 9.76. The lowest BCUT2D eigenvalue weighted by atomic mass is 10.0. The van der Waals surface area contributed by atoms with Crippen molar-refractivity contribution in [2.75, 3.05) is 11.0 Å². The third-order valence-corrected chi connectivity index (χ3v) is 10.6. The first-order valence-corrected chi connectivity index (χ1v) is 19.0. The average Bonchev–Trinajstić information content (AvgIpc) is 3.63. The summed E-state index contributed by atoms with van der Waals surface area (Å²) in [7, 11) is -2.52. The standard InChI is InChI=1S/C35H26ClF7N8O4S/c1-49-29-24(6-4-21(36)27(29)32(47-49)48-56(2,54)55)51-33(45-22-5-3-15(37)11-19(22)34(51)53)23(9-14-7-16(38)10-17(39)8-14)44-25(52)13-50-30-26(28(46-50)31(40)41)18-12-20(18)35(30,42)43/h3-8,10-11,18,20,23,31H,9,12-13H2,1-2H3,(H,44,52)(H,47,48). The van der Waals surface area contributed by atoms with Gasteiger partial charge in [-0.05, 0) is 60.4 Å². The number of halogens is 8. The molecule has 6 aromatic rings. The fraction of sp³-hybridized carbons (Fsp3) is 0.286. The number of amides is 1. The number of nitrogens with zero attached hydrogens (tertiary/aromatic N) is 6. The monoisotopic (exact) mass is 822 g/mol. The molecule has 0 radical (unpaired) electrons. The van der Waals surface area contributed by atoms with Crippen molar-refractivity contribution in [3.63, 3.8) is 0 Å². The summed E-state index contributed by atoms with van der Waals surface area (Å²) in [6.07, 6.45) is -2.86. The molecule has 3 aromatic carbocycles. The summed E-state index contributed by atoms with van der Waals surface area (Å²) < 4.78 is 132. The first-order valence-electron chi connectivity index (χ1n) is 16.7. The molecular weight excluding hydrogens is 797 g/mol. The van der Waals surface area contributed by atoms with E-state index in [1.165, 1.54) is 29.9 Å². The van der Waals surface area contributed by atoms with E-state index in [9.17, 15) is 40.0 Å². The number of fused-ring (bicyclic) bond motifs is 5. The predicted octanol–water partition coefficient (Wildman–Crippen LogP) is 6.16. The number of nitrogens with one attached hydrogen (secondary N) is 2. The normalized spacial score (nSPS) is 17.7. The largest absolute Gasteiger partial charge is 0.344 e. The molecule has 0 bridgehead atoms. The van der Waals surface area contributed by atoms with Gasteiger partial charge in [-0.3, -0.25) is 28.2 Å². The SMILES string of the molecule is Cn1nc(NS(C)(=O)=O)c2c(Cl)ccc(-n3c(C(Cc4cc(F)cc(F)c4)NC(=O)Cn4nc(C(F)F)c5c4C(F)(F)C4CC54)nc4ccc(F)cc4c3=O)c21. The van der Waals surface area contributed by atoms with E-state index in [0.717, 1.165) is 35.1 Å². The number of carbonyl (C=O) groups excluding carboxylic acids is 1. The van der Waals surface area contributed by atoms with Crippen LogP contribution in [0.25, 0.3) is 27.5 Å². The van der Waals surface area contributed by atoms with E-state index < -0.39 is 93.5 Å². The number of alkyl halides is 4. The number of hydrogen-bond donors (Lipinski definition) is 2. The number of hydrogen-bond acceptors (Lipinski definition) is 7. The van der Waals surface area contributed by atoms with Crippen LogP contribution in [0.15, 0.2) is 53.3 Å². The summed E-state index contributed by atoms with van der Waals surface area (Å²) in [5.74, 6) is -10.1. The van der Waals surface area contributed by atoms with Gasteiger partial charge in [-0.25, -0.2) is 35.4 Å². The molecule has 0 saturated heterocycles. The van der Waals surface area contributed by atoms with Gasteiger partial charge >= 0.3 is 0 Å². The molecule has 3 atom stereocenters. The second kappa shape index (κ2) is 13.0. The minimum absolute atomic E-state index is 0.0122. The van der Waals surface area contributed by atoms with E-state index in [1.54, 1.807) is 0 Å². The Labute approximate surface area is 315 Å². The van der Waals surface area contributed by atoms with Crippen molar-refractivity contribution in [3.8, 4) is 5.69 Å². The molecular formula is C35H26ClF7N8O4S. The van der Waals surface area contributed by atoms with Gasteiger partial charge in [0.25, 0.3) is 17.9 Å². The smallest absolute Gasteiger partial charge is 0.293 e. The topological polar surface area (TPSA) is 146 Å². The lowest BCUT2D eigenvalue weighted by molar-refractivity contribution is -0.123. The Morgan fingerprint density at radius 2 is 1.75 bits per heavy atom. The van der Waals surface area contributed by atoms with Gasteiger partial charge in [0.1, 0.15) is 41.2 Å². The number of sulfonamides is 1. The summed E-state index contributed by atoms with van der Waals surface area (Å²) >= 11 is 6.52. The van der Waals surface area contributed by atoms with Gasteiger partial charge in [-0.1, -0.05) is 11.6 Å². The van der Waals surface area contributed by atoms with Crippen LogP contribution >= 0.6 is 11.6 Å². The van der Waals surface area contributed by atoms with Gasteiger partial charge in [0.05, 0.1) is 44.8 Å². The van der Waals surface area contributed by atoms with Crippen LogP contribution in [0.5, 0.6) is 0 Å². The second-order valence-corrected chi connectivity index (χ2v) is 15.8. The maximum Gasteiger partial charge on any atom is 0.293 e. The molecule has 3 aromatic heterocycles. The van der Waals surface area contributed by atoms with Crippen LogP contribution in [0.3, 0.4) is 0 Å². The molecule has 292 valence electrons. The van der Waals surface area contributed by atoms with Gasteiger partial charge in [0.15, 0.2) is 5.82 Å². The van der Waals surface area contributed by atoms with Gasteiger partial charge in [-0.2, -0.15) is 19.0 Å².